The summed E-state index contributed by atoms with van der Waals surface area (Å²) in [5, 5.41) is 4.46. The summed E-state index contributed by atoms with van der Waals surface area (Å²) in [6.07, 6.45) is 0. The molecule has 0 aliphatic heterocycles. The highest BCUT2D eigenvalue weighted by atomic mass is 32.1. The number of para-hydroxylation sites is 1. The van der Waals surface area contributed by atoms with E-state index in [1.165, 1.54) is 31.3 Å². The van der Waals surface area contributed by atoms with Crippen LogP contribution >= 0.6 is 11.3 Å². The number of thiophene rings is 1. The van der Waals surface area contributed by atoms with E-state index in [1.54, 1.807) is 0 Å². The predicted molar refractivity (Wildman–Crippen MR) is 233 cm³/mol. The van der Waals surface area contributed by atoms with Gasteiger partial charge >= 0.3 is 0 Å². The van der Waals surface area contributed by atoms with E-state index in [2.05, 4.69) is 140 Å². The maximum absolute atomic E-state index is 6.69. The Labute approximate surface area is 327 Å². The average molecular weight is 734 g/mol. The number of nitrogens with zero attached hydrogens (tertiary/aromatic N) is 3. The maximum atomic E-state index is 6.69. The van der Waals surface area contributed by atoms with Gasteiger partial charge in [-0.2, -0.15) is 0 Å². The zero-order valence-corrected chi connectivity index (χ0v) is 30.9. The highest BCUT2D eigenvalue weighted by Gasteiger charge is 2.22. The lowest BCUT2D eigenvalue weighted by atomic mass is 9.92. The standard InChI is InChI=1S/C51H31N3OS/c1-4-14-32(15-5-1)34-24-26-36(27-25-34)50-52-49(35-18-8-3-9-19-35)53-51(54-50)42-29-38(30-44-47(42)39-20-10-12-22-43(39)55-44)41-28-37(33-16-6-2-7-17-33)31-46-48(41)40-21-11-13-23-45(40)56-46/h1-31H. The van der Waals surface area contributed by atoms with Crippen molar-refractivity contribution in [3.63, 3.8) is 0 Å². The van der Waals surface area contributed by atoms with Crippen LogP contribution in [0, 0.1) is 0 Å². The average Bonchev–Trinajstić information content (AvgIpc) is 3.85. The SMILES string of the molecule is c1ccc(-c2ccc(-c3nc(-c4ccccc4)nc(-c4cc(-c5cc(-c6ccccc6)cc6sc7ccccc7c56)cc5oc6ccccc6c45)n3)cc2)cc1. The van der Waals surface area contributed by atoms with Crippen LogP contribution in [0.25, 0.3) is 110 Å². The van der Waals surface area contributed by atoms with Crippen LogP contribution in [0.3, 0.4) is 0 Å². The molecule has 0 spiro atoms. The molecule has 8 aromatic carbocycles. The molecule has 0 unspecified atom stereocenters. The van der Waals surface area contributed by atoms with Crippen LogP contribution in [0.2, 0.25) is 0 Å². The first-order valence-electron chi connectivity index (χ1n) is 18.7. The lowest BCUT2D eigenvalue weighted by molar-refractivity contribution is 0.669. The van der Waals surface area contributed by atoms with Crippen LogP contribution in [-0.4, -0.2) is 15.0 Å². The summed E-state index contributed by atoms with van der Waals surface area (Å²) in [7, 11) is 0. The fraction of sp³-hybridized carbons (Fsp3) is 0. The lowest BCUT2D eigenvalue weighted by Gasteiger charge is -2.13. The predicted octanol–water partition coefficient (Wildman–Crippen LogP) is 14.1. The minimum Gasteiger partial charge on any atom is -0.456 e. The van der Waals surface area contributed by atoms with Gasteiger partial charge in [-0.3, -0.25) is 0 Å². The van der Waals surface area contributed by atoms with E-state index in [4.69, 9.17) is 19.4 Å². The zero-order valence-electron chi connectivity index (χ0n) is 30.1. The number of fused-ring (bicyclic) bond motifs is 6. The summed E-state index contributed by atoms with van der Waals surface area (Å²) < 4.78 is 9.18. The van der Waals surface area contributed by atoms with Crippen LogP contribution in [0.4, 0.5) is 0 Å². The number of rotatable bonds is 6. The quantitative estimate of drug-likeness (QED) is 0.171. The molecule has 0 fully saturated rings. The van der Waals surface area contributed by atoms with Gasteiger partial charge in [0, 0.05) is 47.6 Å². The lowest BCUT2D eigenvalue weighted by Crippen LogP contribution is -2.00. The third-order valence-corrected chi connectivity index (χ3v) is 11.7. The molecule has 56 heavy (non-hydrogen) atoms. The molecular weight excluding hydrogens is 703 g/mol. The summed E-state index contributed by atoms with van der Waals surface area (Å²) in [5.74, 6) is 1.81. The van der Waals surface area contributed by atoms with Gasteiger partial charge in [0.15, 0.2) is 17.5 Å². The second-order valence-electron chi connectivity index (χ2n) is 14.0. The molecule has 0 saturated heterocycles. The van der Waals surface area contributed by atoms with E-state index in [0.717, 1.165) is 60.9 Å². The monoisotopic (exact) mass is 733 g/mol. The molecule has 262 valence electrons. The summed E-state index contributed by atoms with van der Waals surface area (Å²) in [5.41, 5.74) is 11.1. The molecule has 0 aliphatic rings. The molecule has 3 heterocycles. The fourth-order valence-corrected chi connectivity index (χ4v) is 9.02. The van der Waals surface area contributed by atoms with Gasteiger partial charge in [-0.05, 0) is 69.8 Å². The first-order valence-corrected chi connectivity index (χ1v) is 19.5. The van der Waals surface area contributed by atoms with Crippen molar-refractivity contribution in [3.05, 3.63) is 188 Å². The van der Waals surface area contributed by atoms with E-state index >= 15 is 0 Å². The number of hydrogen-bond acceptors (Lipinski definition) is 5. The van der Waals surface area contributed by atoms with Gasteiger partial charge in [-0.1, -0.05) is 152 Å². The van der Waals surface area contributed by atoms with Crippen molar-refractivity contribution in [3.8, 4) is 67.5 Å². The summed E-state index contributed by atoms with van der Waals surface area (Å²) in [6, 6.07) is 65.6. The molecule has 0 amide bonds. The van der Waals surface area contributed by atoms with E-state index < -0.39 is 0 Å². The molecule has 0 bridgehead atoms. The van der Waals surface area contributed by atoms with E-state index in [0.29, 0.717) is 17.5 Å². The molecule has 0 saturated carbocycles. The smallest absolute Gasteiger partial charge is 0.164 e. The Kier molecular flexibility index (Phi) is 7.64. The van der Waals surface area contributed by atoms with E-state index in [9.17, 15) is 0 Å². The Bertz CT molecular complexity index is 3230. The second-order valence-corrected chi connectivity index (χ2v) is 15.1. The third-order valence-electron chi connectivity index (χ3n) is 10.5. The van der Waals surface area contributed by atoms with Crippen LogP contribution < -0.4 is 0 Å². The van der Waals surface area contributed by atoms with Gasteiger partial charge in [0.2, 0.25) is 0 Å². The largest absolute Gasteiger partial charge is 0.456 e. The molecule has 11 aromatic rings. The highest BCUT2D eigenvalue weighted by Crippen LogP contribution is 2.46. The van der Waals surface area contributed by atoms with Gasteiger partial charge in [-0.15, -0.1) is 11.3 Å². The number of aromatic nitrogens is 3. The third kappa shape index (κ3) is 5.56. The zero-order chi connectivity index (χ0) is 37.0. The van der Waals surface area contributed by atoms with Gasteiger partial charge in [-0.25, -0.2) is 15.0 Å². The maximum Gasteiger partial charge on any atom is 0.164 e. The van der Waals surface area contributed by atoms with E-state index in [1.807, 2.05) is 59.9 Å². The van der Waals surface area contributed by atoms with Crippen molar-refractivity contribution in [1.29, 1.82) is 0 Å². The number of benzene rings is 8. The second kappa shape index (κ2) is 13.3. The first kappa shape index (κ1) is 32.2. The van der Waals surface area contributed by atoms with Gasteiger partial charge in [0.1, 0.15) is 11.2 Å². The fourth-order valence-electron chi connectivity index (χ4n) is 7.85. The van der Waals surface area contributed by atoms with Crippen molar-refractivity contribution in [2.24, 2.45) is 0 Å². The number of hydrogen-bond donors (Lipinski definition) is 0. The number of furan rings is 1. The Morgan fingerprint density at radius 3 is 1.55 bits per heavy atom. The Hall–Kier alpha value is -7.21. The summed E-state index contributed by atoms with van der Waals surface area (Å²) in [6.45, 7) is 0. The molecule has 0 atom stereocenters. The van der Waals surface area contributed by atoms with Gasteiger partial charge < -0.3 is 4.42 Å². The molecule has 5 heteroatoms. The summed E-state index contributed by atoms with van der Waals surface area (Å²) >= 11 is 1.83. The van der Waals surface area contributed by atoms with Crippen molar-refractivity contribution in [2.45, 2.75) is 0 Å². The molecule has 4 nitrogen and oxygen atoms in total. The van der Waals surface area contributed by atoms with Crippen molar-refractivity contribution in [2.75, 3.05) is 0 Å². The van der Waals surface area contributed by atoms with Crippen LogP contribution in [0.15, 0.2) is 192 Å². The molecule has 0 N–H and O–H groups in total. The normalized spacial score (nSPS) is 11.6. The van der Waals surface area contributed by atoms with Crippen LogP contribution in [0.1, 0.15) is 0 Å². The van der Waals surface area contributed by atoms with Crippen molar-refractivity contribution >= 4 is 53.4 Å². The topological polar surface area (TPSA) is 51.8 Å². The molecule has 3 aromatic heterocycles. The first-order chi connectivity index (χ1) is 27.7. The molecule has 0 radical (unpaired) electrons. The Morgan fingerprint density at radius 1 is 0.321 bits per heavy atom. The van der Waals surface area contributed by atoms with E-state index in [-0.39, 0.29) is 0 Å². The minimum atomic E-state index is 0.588. The summed E-state index contributed by atoms with van der Waals surface area (Å²) in [4.78, 5) is 15.6. The van der Waals surface area contributed by atoms with Crippen LogP contribution in [-0.2, 0) is 0 Å². The molecule has 0 aliphatic carbocycles. The minimum absolute atomic E-state index is 0.588. The van der Waals surface area contributed by atoms with Crippen molar-refractivity contribution < 1.29 is 4.42 Å². The van der Waals surface area contributed by atoms with Crippen molar-refractivity contribution in [1.82, 2.24) is 15.0 Å². The Balaban J connectivity index is 1.19. The van der Waals surface area contributed by atoms with Crippen LogP contribution in [0.5, 0.6) is 0 Å². The van der Waals surface area contributed by atoms with Gasteiger partial charge in [0.05, 0.1) is 0 Å². The molecule has 11 rings (SSSR count). The highest BCUT2D eigenvalue weighted by molar-refractivity contribution is 7.26. The van der Waals surface area contributed by atoms with Gasteiger partial charge in [0.25, 0.3) is 0 Å². The molecular formula is C51H31N3OS. The Morgan fingerprint density at radius 2 is 0.839 bits per heavy atom.